The summed E-state index contributed by atoms with van der Waals surface area (Å²) in [6, 6.07) is 3.52. The summed E-state index contributed by atoms with van der Waals surface area (Å²) in [5.41, 5.74) is 0. The topological polar surface area (TPSA) is 53.5 Å². The average molecular weight is 314 g/mol. The molecule has 2 amide bonds. The molecular formula is C13H16ClN3O2S. The summed E-state index contributed by atoms with van der Waals surface area (Å²) >= 11 is 7.34. The van der Waals surface area contributed by atoms with Crippen LogP contribution < -0.4 is 0 Å². The normalized spacial score (nSPS) is 15.3. The molecule has 2 heterocycles. The van der Waals surface area contributed by atoms with Gasteiger partial charge in [-0.25, -0.2) is 4.98 Å². The van der Waals surface area contributed by atoms with Crippen LogP contribution >= 0.6 is 23.4 Å². The zero-order valence-corrected chi connectivity index (χ0v) is 12.8. The number of carbonyl (C=O) groups excluding carboxylic acids is 2. The van der Waals surface area contributed by atoms with E-state index in [0.717, 1.165) is 0 Å². The van der Waals surface area contributed by atoms with Crippen LogP contribution in [0.2, 0.25) is 5.02 Å². The number of hydrogen-bond acceptors (Lipinski definition) is 4. The minimum atomic E-state index is 0.0555. The standard InChI is InChI=1S/C13H16ClN3O2S/c1-10(18)16-5-7-17(8-6-16)12(19)9-20-13-11(14)3-2-4-15-13/h2-4H,5-9H2,1H3. The Bertz CT molecular complexity index is 504. The Hall–Kier alpha value is -1.27. The van der Waals surface area contributed by atoms with Gasteiger partial charge >= 0.3 is 0 Å². The molecule has 0 spiro atoms. The lowest BCUT2D eigenvalue weighted by molar-refractivity contribution is -0.136. The monoisotopic (exact) mass is 313 g/mol. The smallest absolute Gasteiger partial charge is 0.233 e. The molecule has 5 nitrogen and oxygen atoms in total. The molecule has 0 aromatic carbocycles. The highest BCUT2D eigenvalue weighted by molar-refractivity contribution is 8.00. The summed E-state index contributed by atoms with van der Waals surface area (Å²) in [4.78, 5) is 31.0. The predicted molar refractivity (Wildman–Crippen MR) is 78.8 cm³/mol. The van der Waals surface area contributed by atoms with Crippen LogP contribution in [-0.2, 0) is 9.59 Å². The molecule has 7 heteroatoms. The van der Waals surface area contributed by atoms with E-state index in [1.54, 1.807) is 35.1 Å². The molecule has 0 saturated carbocycles. The molecule has 20 heavy (non-hydrogen) atoms. The van der Waals surface area contributed by atoms with Crippen molar-refractivity contribution in [2.75, 3.05) is 31.9 Å². The first-order valence-electron chi connectivity index (χ1n) is 6.34. The van der Waals surface area contributed by atoms with Crippen LogP contribution in [0, 0.1) is 0 Å². The van der Waals surface area contributed by atoms with E-state index in [9.17, 15) is 9.59 Å². The Morgan fingerprint density at radius 3 is 2.55 bits per heavy atom. The molecule has 2 rings (SSSR count). The number of piperazine rings is 1. The van der Waals surface area contributed by atoms with Gasteiger partial charge in [0.15, 0.2) is 0 Å². The fourth-order valence-electron chi connectivity index (χ4n) is 1.97. The first kappa shape index (κ1) is 15.1. The van der Waals surface area contributed by atoms with Crippen LogP contribution in [0.15, 0.2) is 23.4 Å². The van der Waals surface area contributed by atoms with Crippen molar-refractivity contribution < 1.29 is 9.59 Å². The molecule has 0 bridgehead atoms. The van der Waals surface area contributed by atoms with Gasteiger partial charge in [-0.3, -0.25) is 9.59 Å². The maximum Gasteiger partial charge on any atom is 0.233 e. The van der Waals surface area contributed by atoms with Gasteiger partial charge in [-0.15, -0.1) is 0 Å². The summed E-state index contributed by atoms with van der Waals surface area (Å²) in [7, 11) is 0. The Balaban J connectivity index is 1.82. The van der Waals surface area contributed by atoms with Crippen molar-refractivity contribution in [3.63, 3.8) is 0 Å². The Labute approximate surface area is 127 Å². The lowest BCUT2D eigenvalue weighted by Gasteiger charge is -2.34. The minimum Gasteiger partial charge on any atom is -0.339 e. The van der Waals surface area contributed by atoms with Crippen LogP contribution in [0.25, 0.3) is 0 Å². The first-order chi connectivity index (χ1) is 9.58. The molecule has 1 saturated heterocycles. The summed E-state index contributed by atoms with van der Waals surface area (Å²) in [5, 5.41) is 1.23. The summed E-state index contributed by atoms with van der Waals surface area (Å²) in [5.74, 6) is 0.434. The highest BCUT2D eigenvalue weighted by Gasteiger charge is 2.22. The quantitative estimate of drug-likeness (QED) is 0.794. The van der Waals surface area contributed by atoms with Gasteiger partial charge < -0.3 is 9.80 Å². The zero-order chi connectivity index (χ0) is 14.5. The second-order valence-corrected chi connectivity index (χ2v) is 5.84. The Morgan fingerprint density at radius 2 is 1.95 bits per heavy atom. The van der Waals surface area contributed by atoms with Crippen LogP contribution in [0.3, 0.4) is 0 Å². The van der Waals surface area contributed by atoms with E-state index in [0.29, 0.717) is 42.0 Å². The molecule has 0 unspecified atom stereocenters. The van der Waals surface area contributed by atoms with Gasteiger partial charge in [-0.1, -0.05) is 23.4 Å². The van der Waals surface area contributed by atoms with Crippen LogP contribution in [0.4, 0.5) is 0 Å². The molecule has 0 atom stereocenters. The predicted octanol–water partition coefficient (Wildman–Crippen LogP) is 1.52. The molecule has 108 valence electrons. The Morgan fingerprint density at radius 1 is 1.30 bits per heavy atom. The fourth-order valence-corrected chi connectivity index (χ4v) is 3.04. The average Bonchev–Trinajstić information content (AvgIpc) is 2.46. The fraction of sp³-hybridized carbons (Fsp3) is 0.462. The molecular weight excluding hydrogens is 298 g/mol. The minimum absolute atomic E-state index is 0.0555. The molecule has 1 aromatic heterocycles. The number of aromatic nitrogens is 1. The maximum absolute atomic E-state index is 12.1. The second kappa shape index (κ2) is 6.95. The third kappa shape index (κ3) is 3.86. The number of hydrogen-bond donors (Lipinski definition) is 0. The van der Waals surface area contributed by atoms with Gasteiger partial charge in [0.25, 0.3) is 0 Å². The van der Waals surface area contributed by atoms with Crippen LogP contribution in [0.1, 0.15) is 6.92 Å². The lowest BCUT2D eigenvalue weighted by atomic mass is 10.3. The van der Waals surface area contributed by atoms with E-state index in [4.69, 9.17) is 11.6 Å². The number of rotatable bonds is 3. The van der Waals surface area contributed by atoms with Crippen molar-refractivity contribution in [3.8, 4) is 0 Å². The highest BCUT2D eigenvalue weighted by atomic mass is 35.5. The summed E-state index contributed by atoms with van der Waals surface area (Å²) in [6.45, 7) is 3.95. The molecule has 1 aliphatic rings. The largest absolute Gasteiger partial charge is 0.339 e. The van der Waals surface area contributed by atoms with Gasteiger partial charge in [0, 0.05) is 39.3 Å². The number of nitrogens with zero attached hydrogens (tertiary/aromatic N) is 3. The van der Waals surface area contributed by atoms with Gasteiger partial charge in [-0.05, 0) is 12.1 Å². The van der Waals surface area contributed by atoms with Crippen molar-refractivity contribution >= 4 is 35.2 Å². The third-order valence-corrected chi connectivity index (χ3v) is 4.54. The maximum atomic E-state index is 12.1. The number of pyridine rings is 1. The SMILES string of the molecule is CC(=O)N1CCN(C(=O)CSc2ncccc2Cl)CC1. The molecule has 1 fully saturated rings. The highest BCUT2D eigenvalue weighted by Crippen LogP contribution is 2.24. The lowest BCUT2D eigenvalue weighted by Crippen LogP contribution is -2.50. The molecule has 0 N–H and O–H groups in total. The van der Waals surface area contributed by atoms with E-state index in [2.05, 4.69) is 4.98 Å². The second-order valence-electron chi connectivity index (χ2n) is 4.47. The van der Waals surface area contributed by atoms with Crippen molar-refractivity contribution in [2.45, 2.75) is 11.9 Å². The first-order valence-corrected chi connectivity index (χ1v) is 7.71. The van der Waals surface area contributed by atoms with Crippen molar-refractivity contribution in [1.82, 2.24) is 14.8 Å². The zero-order valence-electron chi connectivity index (χ0n) is 11.2. The number of carbonyl (C=O) groups is 2. The van der Waals surface area contributed by atoms with Crippen molar-refractivity contribution in [1.29, 1.82) is 0 Å². The van der Waals surface area contributed by atoms with Gasteiger partial charge in [0.05, 0.1) is 10.8 Å². The molecule has 1 aromatic rings. The van der Waals surface area contributed by atoms with E-state index in [1.165, 1.54) is 11.8 Å². The Kier molecular flexibility index (Phi) is 5.25. The van der Waals surface area contributed by atoms with Crippen LogP contribution in [0.5, 0.6) is 0 Å². The summed E-state index contributed by atoms with van der Waals surface area (Å²) in [6.07, 6.45) is 1.66. The van der Waals surface area contributed by atoms with Crippen LogP contribution in [-0.4, -0.2) is 58.5 Å². The van der Waals surface area contributed by atoms with Gasteiger partial charge in [0.2, 0.25) is 11.8 Å². The summed E-state index contributed by atoms with van der Waals surface area (Å²) < 4.78 is 0. The van der Waals surface area contributed by atoms with E-state index < -0.39 is 0 Å². The number of halogens is 1. The number of amides is 2. The van der Waals surface area contributed by atoms with E-state index >= 15 is 0 Å². The van der Waals surface area contributed by atoms with E-state index in [1.807, 2.05) is 0 Å². The van der Waals surface area contributed by atoms with Crippen molar-refractivity contribution in [3.05, 3.63) is 23.4 Å². The van der Waals surface area contributed by atoms with Crippen molar-refractivity contribution in [2.24, 2.45) is 0 Å². The van der Waals surface area contributed by atoms with Gasteiger partial charge in [0.1, 0.15) is 5.03 Å². The number of thioether (sulfide) groups is 1. The molecule has 1 aliphatic heterocycles. The molecule has 0 radical (unpaired) electrons. The molecule has 0 aliphatic carbocycles. The third-order valence-electron chi connectivity index (χ3n) is 3.13. The van der Waals surface area contributed by atoms with Gasteiger partial charge in [-0.2, -0.15) is 0 Å². The van der Waals surface area contributed by atoms with E-state index in [-0.39, 0.29) is 11.8 Å².